The Morgan fingerprint density at radius 1 is 1.21 bits per heavy atom. The lowest BCUT2D eigenvalue weighted by Crippen LogP contribution is -2.59. The van der Waals surface area contributed by atoms with E-state index in [9.17, 15) is 4.79 Å². The summed E-state index contributed by atoms with van der Waals surface area (Å²) < 4.78 is 0. The third kappa shape index (κ3) is 2.27. The van der Waals surface area contributed by atoms with Crippen LogP contribution in [0.4, 0.5) is 0 Å². The fourth-order valence-electron chi connectivity index (χ4n) is 2.61. The first-order valence-electron chi connectivity index (χ1n) is 5.46. The van der Waals surface area contributed by atoms with Gasteiger partial charge >= 0.3 is 0 Å². The fraction of sp³-hybridized carbons (Fsp3) is 0.909. The molecule has 1 rings (SSSR count). The summed E-state index contributed by atoms with van der Waals surface area (Å²) in [5.41, 5.74) is 0. The van der Waals surface area contributed by atoms with E-state index in [4.69, 9.17) is 0 Å². The van der Waals surface area contributed by atoms with Crippen LogP contribution in [0.25, 0.3) is 0 Å². The Bertz CT molecular complexity index is 203. The van der Waals surface area contributed by atoms with Gasteiger partial charge in [0.25, 0.3) is 0 Å². The van der Waals surface area contributed by atoms with Crippen molar-refractivity contribution in [2.75, 3.05) is 13.1 Å². The molecule has 0 saturated carbocycles. The van der Waals surface area contributed by atoms with E-state index in [0.717, 1.165) is 13.1 Å². The number of amides is 1. The zero-order chi connectivity index (χ0) is 10.9. The lowest BCUT2D eigenvalue weighted by molar-refractivity contribution is -0.133. The summed E-state index contributed by atoms with van der Waals surface area (Å²) in [7, 11) is 0. The minimum absolute atomic E-state index is 0.201. The molecule has 0 N–H and O–H groups in total. The summed E-state index contributed by atoms with van der Waals surface area (Å²) in [6.45, 7) is 12.2. The highest BCUT2D eigenvalue weighted by Gasteiger charge is 2.31. The van der Waals surface area contributed by atoms with E-state index in [-0.39, 0.29) is 5.91 Å². The van der Waals surface area contributed by atoms with Crippen LogP contribution >= 0.6 is 0 Å². The molecule has 2 atom stereocenters. The minimum Gasteiger partial charge on any atom is -0.340 e. The molecule has 1 saturated heterocycles. The molecular formula is C11H22N2O. The van der Waals surface area contributed by atoms with Crippen molar-refractivity contribution in [1.29, 1.82) is 0 Å². The number of nitrogens with zero attached hydrogens (tertiary/aromatic N) is 2. The molecular weight excluding hydrogens is 176 g/mol. The van der Waals surface area contributed by atoms with E-state index in [1.165, 1.54) is 0 Å². The number of hydrogen-bond donors (Lipinski definition) is 0. The van der Waals surface area contributed by atoms with Crippen LogP contribution in [0.5, 0.6) is 0 Å². The molecule has 1 heterocycles. The molecule has 1 fully saturated rings. The van der Waals surface area contributed by atoms with Gasteiger partial charge < -0.3 is 4.90 Å². The number of hydrogen-bond acceptors (Lipinski definition) is 2. The van der Waals surface area contributed by atoms with Gasteiger partial charge in [0.15, 0.2) is 0 Å². The summed E-state index contributed by atoms with van der Waals surface area (Å²) in [6.07, 6.45) is 0. The van der Waals surface area contributed by atoms with E-state index >= 15 is 0 Å². The van der Waals surface area contributed by atoms with Gasteiger partial charge in [0.1, 0.15) is 0 Å². The van der Waals surface area contributed by atoms with Gasteiger partial charge in [0, 0.05) is 38.1 Å². The third-order valence-electron chi connectivity index (χ3n) is 3.03. The van der Waals surface area contributed by atoms with Gasteiger partial charge in [-0.15, -0.1) is 0 Å². The molecule has 14 heavy (non-hydrogen) atoms. The fourth-order valence-corrected chi connectivity index (χ4v) is 2.61. The summed E-state index contributed by atoms with van der Waals surface area (Å²) in [6, 6.07) is 1.51. The molecule has 1 amide bonds. The zero-order valence-corrected chi connectivity index (χ0v) is 9.95. The van der Waals surface area contributed by atoms with E-state index in [2.05, 4.69) is 32.6 Å². The second-order valence-electron chi connectivity index (χ2n) is 4.66. The van der Waals surface area contributed by atoms with E-state index in [1.807, 2.05) is 4.90 Å². The summed E-state index contributed by atoms with van der Waals surface area (Å²) in [5.74, 6) is 0.201. The molecule has 0 aliphatic carbocycles. The first-order chi connectivity index (χ1) is 6.43. The average Bonchev–Trinajstić information content (AvgIpc) is 2.01. The van der Waals surface area contributed by atoms with Gasteiger partial charge in [-0.25, -0.2) is 0 Å². The number of rotatable bonds is 1. The van der Waals surface area contributed by atoms with Crippen molar-refractivity contribution >= 4 is 5.91 Å². The molecule has 0 spiro atoms. The third-order valence-corrected chi connectivity index (χ3v) is 3.03. The molecule has 0 aromatic carbocycles. The molecule has 2 unspecified atom stereocenters. The maximum Gasteiger partial charge on any atom is 0.219 e. The van der Waals surface area contributed by atoms with E-state index in [1.54, 1.807) is 6.92 Å². The molecule has 3 nitrogen and oxygen atoms in total. The maximum absolute atomic E-state index is 11.3. The minimum atomic E-state index is 0.201. The molecule has 0 aromatic rings. The molecule has 82 valence electrons. The highest BCUT2D eigenvalue weighted by atomic mass is 16.2. The first kappa shape index (κ1) is 11.5. The maximum atomic E-state index is 11.3. The Labute approximate surface area is 87.1 Å². The number of carbonyl (C=O) groups excluding carboxylic acids is 1. The van der Waals surface area contributed by atoms with Gasteiger partial charge in [0.05, 0.1) is 0 Å². The smallest absolute Gasteiger partial charge is 0.219 e. The first-order valence-corrected chi connectivity index (χ1v) is 5.46. The van der Waals surface area contributed by atoms with Crippen LogP contribution in [-0.4, -0.2) is 46.9 Å². The number of piperazine rings is 1. The second-order valence-corrected chi connectivity index (χ2v) is 4.66. The predicted molar refractivity (Wildman–Crippen MR) is 58.2 cm³/mol. The summed E-state index contributed by atoms with van der Waals surface area (Å²) in [4.78, 5) is 15.7. The molecule has 0 radical (unpaired) electrons. The molecule has 1 aliphatic rings. The molecule has 1 aliphatic heterocycles. The highest BCUT2D eigenvalue weighted by molar-refractivity contribution is 5.73. The average molecular weight is 198 g/mol. The SMILES string of the molecule is CC(=O)N1CC(C)N(C(C)C)C(C)C1. The largest absolute Gasteiger partial charge is 0.340 e. The van der Waals surface area contributed by atoms with Crippen LogP contribution in [0.15, 0.2) is 0 Å². The summed E-state index contributed by atoms with van der Waals surface area (Å²) >= 11 is 0. The molecule has 3 heteroatoms. The van der Waals surface area contributed by atoms with Crippen LogP contribution in [0.2, 0.25) is 0 Å². The van der Waals surface area contributed by atoms with Crippen molar-refractivity contribution in [2.45, 2.75) is 52.7 Å². The van der Waals surface area contributed by atoms with E-state index in [0.29, 0.717) is 18.1 Å². The van der Waals surface area contributed by atoms with Crippen molar-refractivity contribution in [3.8, 4) is 0 Å². The standard InChI is InChI=1S/C11H22N2O/c1-8(2)13-9(3)6-12(11(5)14)7-10(13)4/h8-10H,6-7H2,1-5H3. The molecule has 0 bridgehead atoms. The van der Waals surface area contributed by atoms with Crippen LogP contribution in [0, 0.1) is 0 Å². The van der Waals surface area contributed by atoms with Gasteiger partial charge in [-0.3, -0.25) is 9.69 Å². The lowest BCUT2D eigenvalue weighted by atomic mass is 10.1. The molecule has 0 aromatic heterocycles. The van der Waals surface area contributed by atoms with E-state index < -0.39 is 0 Å². The Kier molecular flexibility index (Phi) is 3.53. The van der Waals surface area contributed by atoms with Crippen molar-refractivity contribution in [1.82, 2.24) is 9.80 Å². The van der Waals surface area contributed by atoms with Crippen molar-refractivity contribution < 1.29 is 4.79 Å². The van der Waals surface area contributed by atoms with Crippen LogP contribution in [-0.2, 0) is 4.79 Å². The monoisotopic (exact) mass is 198 g/mol. The Morgan fingerprint density at radius 2 is 1.64 bits per heavy atom. The van der Waals surface area contributed by atoms with Gasteiger partial charge in [-0.05, 0) is 27.7 Å². The topological polar surface area (TPSA) is 23.6 Å². The van der Waals surface area contributed by atoms with Crippen LogP contribution < -0.4 is 0 Å². The van der Waals surface area contributed by atoms with Gasteiger partial charge in [0.2, 0.25) is 5.91 Å². The normalized spacial score (nSPS) is 29.7. The zero-order valence-electron chi connectivity index (χ0n) is 9.95. The number of carbonyl (C=O) groups is 1. The quantitative estimate of drug-likeness (QED) is 0.634. The lowest BCUT2D eigenvalue weighted by Gasteiger charge is -2.46. The predicted octanol–water partition coefficient (Wildman–Crippen LogP) is 1.34. The van der Waals surface area contributed by atoms with Crippen molar-refractivity contribution in [3.63, 3.8) is 0 Å². The van der Waals surface area contributed by atoms with Gasteiger partial charge in [-0.2, -0.15) is 0 Å². The Morgan fingerprint density at radius 3 is 1.93 bits per heavy atom. The Balaban J connectivity index is 2.67. The summed E-state index contributed by atoms with van der Waals surface area (Å²) in [5, 5.41) is 0. The van der Waals surface area contributed by atoms with Crippen molar-refractivity contribution in [3.05, 3.63) is 0 Å². The van der Waals surface area contributed by atoms with Crippen LogP contribution in [0.3, 0.4) is 0 Å². The Hall–Kier alpha value is -0.570. The highest BCUT2D eigenvalue weighted by Crippen LogP contribution is 2.18. The second kappa shape index (κ2) is 4.30. The van der Waals surface area contributed by atoms with Crippen LogP contribution in [0.1, 0.15) is 34.6 Å². The van der Waals surface area contributed by atoms with Gasteiger partial charge in [-0.1, -0.05) is 0 Å². The van der Waals surface area contributed by atoms with Crippen molar-refractivity contribution in [2.24, 2.45) is 0 Å².